The Morgan fingerprint density at radius 1 is 0.836 bits per heavy atom. The Bertz CT molecular complexity index is 2080. The van der Waals surface area contributed by atoms with Crippen LogP contribution in [-0.4, -0.2) is 119 Å². The number of nitrogens with two attached hydrogens (primary N) is 1. The molecule has 1 aromatic heterocycles. The highest BCUT2D eigenvalue weighted by atomic mass is 31.3. The van der Waals surface area contributed by atoms with Gasteiger partial charge in [0.2, 0.25) is 0 Å². The van der Waals surface area contributed by atoms with Crippen LogP contribution < -0.4 is 11.4 Å². The molecule has 2 aliphatic heterocycles. The molecule has 1 aromatic rings. The molecule has 73 heavy (non-hydrogen) atoms. The van der Waals surface area contributed by atoms with E-state index in [0.717, 1.165) is 62.1 Å². The number of phosphoric ester groups is 2. The second-order valence-corrected chi connectivity index (χ2v) is 21.3. The van der Waals surface area contributed by atoms with E-state index in [1.807, 2.05) is 6.92 Å². The van der Waals surface area contributed by atoms with E-state index in [0.29, 0.717) is 25.7 Å². The summed E-state index contributed by atoms with van der Waals surface area (Å²) in [4.78, 5) is 64.2. The zero-order chi connectivity index (χ0) is 53.7. The third-order valence-corrected chi connectivity index (χ3v) is 14.8. The standard InChI is InChI=1S/C50H81N3O18P2/c1-3-5-7-8-9-10-11-12-13-14-15-16-17-18-19-20-22-28-46(58)69-38-34-66-45(57)27-24-23-26-40-42(56)33-41(55)39(30-29-37(54)25-21-6-4-2)47(59)48(60)43(36-68-73(64,65)71-72(62,63)67-35-38)70-49(40)53-32-31-44(51)52-50(53)61/h9-10,12-13,15-16,23-24,29-32,37-43,47-49,54-56,59-60H,3-8,11,14,17-22,25-28,33-36H2,1-2H3,(H,62,63)(H,64,65)(H2,51,52,61)/b10-9-,13-12-,16-15-,24-23-,30-29+/t37-,38-,39+,40-,41-,42+,43-,47+,48-,49-/m1/s1. The highest BCUT2D eigenvalue weighted by molar-refractivity contribution is 7.61. The van der Waals surface area contributed by atoms with Gasteiger partial charge in [0.1, 0.15) is 30.9 Å². The third-order valence-electron chi connectivity index (χ3n) is 12.2. The van der Waals surface area contributed by atoms with Crippen LogP contribution in [0.5, 0.6) is 0 Å². The number of fused-ring (bicyclic) bond motifs is 3. The number of aromatic nitrogens is 2. The Morgan fingerprint density at radius 2 is 1.47 bits per heavy atom. The van der Waals surface area contributed by atoms with Gasteiger partial charge in [-0.05, 0) is 63.9 Å². The number of esters is 2. The summed E-state index contributed by atoms with van der Waals surface area (Å²) in [5.74, 6) is -4.47. The molecule has 1 fully saturated rings. The van der Waals surface area contributed by atoms with Gasteiger partial charge >= 0.3 is 33.3 Å². The van der Waals surface area contributed by atoms with Crippen molar-refractivity contribution in [3.8, 4) is 0 Å². The van der Waals surface area contributed by atoms with Gasteiger partial charge in [-0.25, -0.2) is 13.9 Å². The third kappa shape index (κ3) is 25.6. The molecule has 414 valence electrons. The highest BCUT2D eigenvalue weighted by Crippen LogP contribution is 2.60. The minimum absolute atomic E-state index is 0.0424. The zero-order valence-corrected chi connectivity index (χ0v) is 44.0. The maximum absolute atomic E-state index is 13.3. The summed E-state index contributed by atoms with van der Waals surface area (Å²) in [6.45, 7) is 1.35. The van der Waals surface area contributed by atoms with Crippen molar-refractivity contribution in [2.75, 3.05) is 25.6 Å². The second-order valence-electron chi connectivity index (χ2n) is 18.3. The summed E-state index contributed by atoms with van der Waals surface area (Å²) in [5.41, 5.74) is 4.73. The Kier molecular flexibility index (Phi) is 30.4. The van der Waals surface area contributed by atoms with Gasteiger partial charge < -0.3 is 55.3 Å². The number of carbonyl (C=O) groups is 2. The van der Waals surface area contributed by atoms with Crippen LogP contribution in [0.3, 0.4) is 0 Å². The van der Waals surface area contributed by atoms with Crippen molar-refractivity contribution in [1.82, 2.24) is 9.55 Å². The number of anilines is 1. The molecule has 0 radical (unpaired) electrons. The number of nitrogens with zero attached hydrogens (tertiary/aromatic N) is 2. The van der Waals surface area contributed by atoms with Crippen LogP contribution in [0.2, 0.25) is 0 Å². The van der Waals surface area contributed by atoms with Crippen molar-refractivity contribution in [2.24, 2.45) is 11.8 Å². The van der Waals surface area contributed by atoms with E-state index in [4.69, 9.17) is 29.0 Å². The fraction of sp³-hybridized carbons (Fsp3) is 0.680. The maximum atomic E-state index is 13.3. The molecular formula is C50H81N3O18P2. The summed E-state index contributed by atoms with van der Waals surface area (Å²) in [6, 6.07) is 1.22. The van der Waals surface area contributed by atoms with Gasteiger partial charge in [-0.1, -0.05) is 120 Å². The molecule has 0 amide bonds. The number of nitrogen functional groups attached to an aromatic ring is 1. The monoisotopic (exact) mass is 1070 g/mol. The molecule has 3 rings (SSSR count). The molecule has 0 aliphatic carbocycles. The first-order valence-electron chi connectivity index (χ1n) is 25.6. The smallest absolute Gasteiger partial charge is 0.461 e. The van der Waals surface area contributed by atoms with Crippen molar-refractivity contribution in [2.45, 2.75) is 185 Å². The molecule has 21 nitrogen and oxygen atoms in total. The first kappa shape index (κ1) is 63.6. The lowest BCUT2D eigenvalue weighted by atomic mass is 9.82. The molecule has 2 bridgehead atoms. The van der Waals surface area contributed by atoms with E-state index >= 15 is 0 Å². The SMILES string of the molecule is CCCCC/C=C\C/C=C\C/C=C\CCCCCCC(=O)O[C@@H]1COC(=O)C/C=C\C[C@H]2[C@H](n3ccc(N)nc3=O)O[C@H](COP(=O)(O)OP(=O)(O)OC1)[C@@H](O)[C@@H](O)[C@@H](/C=C/[C@H](O)CCCCC)[C@H](O)C[C@@H]2O. The van der Waals surface area contributed by atoms with Crippen molar-refractivity contribution in [1.29, 1.82) is 0 Å². The number of phosphoric acid groups is 2. The van der Waals surface area contributed by atoms with Gasteiger partial charge in [-0.3, -0.25) is 23.2 Å². The molecule has 0 saturated carbocycles. The fourth-order valence-corrected chi connectivity index (χ4v) is 10.2. The zero-order valence-electron chi connectivity index (χ0n) is 42.2. The lowest BCUT2D eigenvalue weighted by Crippen LogP contribution is -2.52. The first-order chi connectivity index (χ1) is 34.9. The van der Waals surface area contributed by atoms with E-state index < -0.39 is 127 Å². The summed E-state index contributed by atoms with van der Waals surface area (Å²) in [5, 5.41) is 57.3. The minimum Gasteiger partial charge on any atom is -0.461 e. The van der Waals surface area contributed by atoms with Crippen molar-refractivity contribution in [3.05, 3.63) is 83.5 Å². The molecule has 0 spiro atoms. The van der Waals surface area contributed by atoms with Crippen LogP contribution in [0.1, 0.15) is 142 Å². The van der Waals surface area contributed by atoms with Crippen molar-refractivity contribution in [3.63, 3.8) is 0 Å². The Balaban J connectivity index is 1.78. The normalized spacial score (nSPS) is 30.5. The van der Waals surface area contributed by atoms with Gasteiger partial charge in [0.05, 0.1) is 44.1 Å². The first-order valence-corrected chi connectivity index (χ1v) is 28.5. The predicted octanol–water partition coefficient (Wildman–Crippen LogP) is 6.71. The fourth-order valence-electron chi connectivity index (χ4n) is 8.04. The number of allylic oxidation sites excluding steroid dienone is 7. The van der Waals surface area contributed by atoms with E-state index in [-0.39, 0.29) is 18.7 Å². The molecule has 1 saturated heterocycles. The highest BCUT2D eigenvalue weighted by Gasteiger charge is 2.45. The van der Waals surface area contributed by atoms with Crippen LogP contribution >= 0.6 is 15.6 Å². The molecule has 2 aliphatic rings. The van der Waals surface area contributed by atoms with Gasteiger partial charge in [0, 0.05) is 30.9 Å². The van der Waals surface area contributed by atoms with Crippen molar-refractivity contribution < 1.29 is 81.6 Å². The summed E-state index contributed by atoms with van der Waals surface area (Å²) < 4.78 is 58.7. The molecule has 0 aromatic carbocycles. The number of hydrogen-bond acceptors (Lipinski definition) is 18. The van der Waals surface area contributed by atoms with Crippen LogP contribution in [0.4, 0.5) is 5.82 Å². The number of aliphatic hydroxyl groups excluding tert-OH is 5. The van der Waals surface area contributed by atoms with Gasteiger partial charge in [0.15, 0.2) is 6.10 Å². The van der Waals surface area contributed by atoms with Gasteiger partial charge in [-0.15, -0.1) is 0 Å². The van der Waals surface area contributed by atoms with Crippen LogP contribution in [0, 0.1) is 11.8 Å². The van der Waals surface area contributed by atoms with Gasteiger partial charge in [-0.2, -0.15) is 9.29 Å². The van der Waals surface area contributed by atoms with Crippen molar-refractivity contribution >= 4 is 33.4 Å². The molecular weight excluding hydrogens is 993 g/mol. The number of hydrogen-bond donors (Lipinski definition) is 8. The van der Waals surface area contributed by atoms with E-state index in [2.05, 4.69) is 52.7 Å². The topological polar surface area (TPSA) is 326 Å². The lowest BCUT2D eigenvalue weighted by molar-refractivity contribution is -0.194. The van der Waals surface area contributed by atoms with Crippen LogP contribution in [0.15, 0.2) is 77.8 Å². The average molecular weight is 1070 g/mol. The number of aliphatic hydroxyl groups is 5. The Hall–Kier alpha value is -3.66. The predicted molar refractivity (Wildman–Crippen MR) is 272 cm³/mol. The number of carbonyl (C=O) groups excluding carboxylic acids is 2. The van der Waals surface area contributed by atoms with Crippen LogP contribution in [0.25, 0.3) is 0 Å². The second kappa shape index (κ2) is 34.8. The van der Waals surface area contributed by atoms with E-state index in [1.165, 1.54) is 49.6 Å². The summed E-state index contributed by atoms with van der Waals surface area (Å²) in [7, 11) is -11.3. The quantitative estimate of drug-likeness (QED) is 0.0244. The molecule has 12 atom stereocenters. The minimum atomic E-state index is -5.70. The number of ether oxygens (including phenoxy) is 3. The Morgan fingerprint density at radius 3 is 2.14 bits per heavy atom. The van der Waals surface area contributed by atoms with E-state index in [9.17, 15) is 58.8 Å². The number of rotatable bonds is 23. The molecule has 3 heterocycles. The number of cyclic esters (lactones) is 1. The molecule has 2 unspecified atom stereocenters. The summed E-state index contributed by atoms with van der Waals surface area (Å²) >= 11 is 0. The summed E-state index contributed by atoms with van der Waals surface area (Å²) in [6.07, 6.45) is 17.9. The Labute approximate surface area is 429 Å². The van der Waals surface area contributed by atoms with E-state index in [1.54, 1.807) is 0 Å². The molecule has 23 heteroatoms. The maximum Gasteiger partial charge on any atom is 0.481 e. The van der Waals surface area contributed by atoms with Crippen LogP contribution in [-0.2, 0) is 46.3 Å². The van der Waals surface area contributed by atoms with Gasteiger partial charge in [0.25, 0.3) is 0 Å². The largest absolute Gasteiger partial charge is 0.481 e. The molecule has 9 N–H and O–H groups in total. The lowest BCUT2D eigenvalue weighted by Gasteiger charge is -2.40. The number of unbranched alkanes of at least 4 members (excludes halogenated alkanes) is 9. The average Bonchev–Trinajstić information content (AvgIpc) is 3.33.